The van der Waals surface area contributed by atoms with Gasteiger partial charge in [0.2, 0.25) is 11.8 Å². The number of hydrogen-bond acceptors (Lipinski definition) is 6. The molecule has 41 heavy (non-hydrogen) atoms. The highest BCUT2D eigenvalue weighted by Gasteiger charge is 2.38. The number of thioether (sulfide) groups is 1. The van der Waals surface area contributed by atoms with Gasteiger partial charge in [-0.05, 0) is 29.0 Å². The van der Waals surface area contributed by atoms with Crippen molar-refractivity contribution >= 4 is 29.5 Å². The van der Waals surface area contributed by atoms with Crippen LogP contribution in [0.1, 0.15) is 37.0 Å². The fraction of sp³-hybridized carbons (Fsp3) is 0.323. The van der Waals surface area contributed by atoms with Gasteiger partial charge in [-0.3, -0.25) is 9.59 Å². The standard InChI is InChI=1S/C31H37N3O5S.H2O/c1-21(2)18-26(30(38)39)33-29(37)27(19-35)34-28(36)25(32)20-40-31(22-12-6-3-7-13-22,23-14-8-4-9-15-23)24-16-10-5-11-17-24;/h3-17,21,25-27,35H,18-20,32H2,1-2H3,(H,33,37)(H,34,36)(H,38,39);1H2/t25-,26-,27-;/m0./s1. The van der Waals surface area contributed by atoms with Crippen LogP contribution in [0.4, 0.5) is 0 Å². The lowest BCUT2D eigenvalue weighted by Gasteiger charge is -2.36. The SMILES string of the molecule is CC(C)C[C@H](NC(=O)[C@H](CO)NC(=O)[C@@H](N)CSC(c1ccccc1)(c1ccccc1)c1ccccc1)C(=O)O.O. The lowest BCUT2D eigenvalue weighted by Crippen LogP contribution is -2.56. The second-order valence-corrected chi connectivity index (χ2v) is 11.2. The monoisotopic (exact) mass is 581 g/mol. The molecule has 0 bridgehead atoms. The summed E-state index contributed by atoms with van der Waals surface area (Å²) in [6, 6.07) is 26.4. The van der Waals surface area contributed by atoms with Gasteiger partial charge in [0.1, 0.15) is 12.1 Å². The minimum atomic E-state index is -1.33. The minimum Gasteiger partial charge on any atom is -0.480 e. The molecule has 10 heteroatoms. The highest BCUT2D eigenvalue weighted by atomic mass is 32.2. The first-order valence-corrected chi connectivity index (χ1v) is 14.2. The van der Waals surface area contributed by atoms with Gasteiger partial charge in [0.25, 0.3) is 0 Å². The van der Waals surface area contributed by atoms with Crippen molar-refractivity contribution in [2.24, 2.45) is 11.7 Å². The first-order chi connectivity index (χ1) is 19.2. The van der Waals surface area contributed by atoms with Crippen LogP contribution in [-0.2, 0) is 19.1 Å². The van der Waals surface area contributed by atoms with Crippen LogP contribution in [0.5, 0.6) is 0 Å². The van der Waals surface area contributed by atoms with Crippen LogP contribution in [0.15, 0.2) is 91.0 Å². The second-order valence-electron chi connectivity index (χ2n) is 9.97. The van der Waals surface area contributed by atoms with Gasteiger partial charge >= 0.3 is 5.97 Å². The average Bonchev–Trinajstić information content (AvgIpc) is 2.97. The van der Waals surface area contributed by atoms with Crippen LogP contribution in [0.2, 0.25) is 0 Å². The van der Waals surface area contributed by atoms with Gasteiger partial charge in [-0.2, -0.15) is 0 Å². The van der Waals surface area contributed by atoms with Gasteiger partial charge in [0, 0.05) is 5.75 Å². The van der Waals surface area contributed by atoms with Crippen molar-refractivity contribution in [2.75, 3.05) is 12.4 Å². The van der Waals surface area contributed by atoms with Crippen LogP contribution in [0, 0.1) is 5.92 Å². The third-order valence-corrected chi connectivity index (χ3v) is 8.16. The molecule has 0 fully saturated rings. The molecule has 0 radical (unpaired) electrons. The molecule has 0 aliphatic rings. The molecule has 0 aromatic heterocycles. The summed E-state index contributed by atoms with van der Waals surface area (Å²) >= 11 is 1.50. The van der Waals surface area contributed by atoms with Gasteiger partial charge in [-0.15, -0.1) is 11.8 Å². The van der Waals surface area contributed by atoms with Crippen molar-refractivity contribution in [2.45, 2.75) is 43.1 Å². The van der Waals surface area contributed by atoms with Gasteiger partial charge in [0.15, 0.2) is 0 Å². The Hall–Kier alpha value is -3.70. The van der Waals surface area contributed by atoms with Gasteiger partial charge in [-0.1, -0.05) is 105 Å². The summed E-state index contributed by atoms with van der Waals surface area (Å²) in [6.45, 7) is 2.97. The molecule has 0 saturated carbocycles. The van der Waals surface area contributed by atoms with Crippen molar-refractivity contribution in [3.63, 3.8) is 0 Å². The number of aliphatic hydroxyl groups excluding tert-OH is 1. The second kappa shape index (κ2) is 15.9. The van der Waals surface area contributed by atoms with Crippen LogP contribution in [0.3, 0.4) is 0 Å². The Balaban J connectivity index is 0.00000588. The van der Waals surface area contributed by atoms with Crippen molar-refractivity contribution in [1.29, 1.82) is 0 Å². The van der Waals surface area contributed by atoms with Gasteiger partial charge < -0.3 is 32.1 Å². The molecule has 0 aliphatic carbocycles. The molecule has 0 spiro atoms. The highest BCUT2D eigenvalue weighted by molar-refractivity contribution is 8.00. The zero-order valence-corrected chi connectivity index (χ0v) is 24.0. The average molecular weight is 582 g/mol. The summed E-state index contributed by atoms with van der Waals surface area (Å²) in [7, 11) is 0. The molecule has 8 N–H and O–H groups in total. The molecule has 220 valence electrons. The Morgan fingerprint density at radius 2 is 1.20 bits per heavy atom. The number of rotatable bonds is 14. The lowest BCUT2D eigenvalue weighted by molar-refractivity contribution is -0.143. The Morgan fingerprint density at radius 3 is 1.56 bits per heavy atom. The molecule has 0 unspecified atom stereocenters. The number of carboxylic acid groups (broad SMARTS) is 1. The van der Waals surface area contributed by atoms with Gasteiger partial charge in [-0.25, -0.2) is 4.79 Å². The zero-order chi connectivity index (χ0) is 29.1. The number of nitrogens with one attached hydrogen (secondary N) is 2. The number of hydrogen-bond donors (Lipinski definition) is 5. The maximum atomic E-state index is 13.1. The summed E-state index contributed by atoms with van der Waals surface area (Å²) in [6.07, 6.45) is 0.212. The number of benzene rings is 3. The van der Waals surface area contributed by atoms with E-state index >= 15 is 0 Å². The number of amides is 2. The normalized spacial score (nSPS) is 13.4. The number of carboxylic acids is 1. The maximum absolute atomic E-state index is 13.1. The van der Waals surface area contributed by atoms with Crippen molar-refractivity contribution in [3.05, 3.63) is 108 Å². The third kappa shape index (κ3) is 8.64. The van der Waals surface area contributed by atoms with Crippen LogP contribution in [-0.4, -0.2) is 64.0 Å². The summed E-state index contributed by atoms with van der Waals surface area (Å²) in [4.78, 5) is 37.3. The Kier molecular flexibility index (Phi) is 13.0. The molecule has 0 heterocycles. The first-order valence-electron chi connectivity index (χ1n) is 13.2. The molecule has 9 nitrogen and oxygen atoms in total. The Labute approximate surface area is 244 Å². The molecular formula is C31H39N3O6S. The predicted molar refractivity (Wildman–Crippen MR) is 161 cm³/mol. The highest BCUT2D eigenvalue weighted by Crippen LogP contribution is 2.48. The van der Waals surface area contributed by atoms with E-state index in [0.717, 1.165) is 16.7 Å². The van der Waals surface area contributed by atoms with Crippen molar-refractivity contribution in [3.8, 4) is 0 Å². The largest absolute Gasteiger partial charge is 0.480 e. The maximum Gasteiger partial charge on any atom is 0.326 e. The van der Waals surface area contributed by atoms with E-state index in [4.69, 9.17) is 5.73 Å². The Morgan fingerprint density at radius 1 is 0.780 bits per heavy atom. The van der Waals surface area contributed by atoms with Crippen molar-refractivity contribution in [1.82, 2.24) is 10.6 Å². The number of aliphatic hydroxyl groups is 1. The van der Waals surface area contributed by atoms with Gasteiger partial charge in [0.05, 0.1) is 17.4 Å². The quantitative estimate of drug-likeness (QED) is 0.182. The minimum absolute atomic E-state index is 0. The van der Waals surface area contributed by atoms with E-state index in [1.54, 1.807) is 0 Å². The number of carbonyl (C=O) groups is 3. The van der Waals surface area contributed by atoms with E-state index in [9.17, 15) is 24.6 Å². The van der Waals surface area contributed by atoms with Crippen LogP contribution < -0.4 is 16.4 Å². The Bertz CT molecular complexity index is 1150. The zero-order valence-electron chi connectivity index (χ0n) is 23.2. The summed E-state index contributed by atoms with van der Waals surface area (Å²) in [5, 5.41) is 24.1. The molecule has 3 aromatic carbocycles. The predicted octanol–water partition coefficient (Wildman–Crippen LogP) is 2.31. The summed E-state index contributed by atoms with van der Waals surface area (Å²) in [5.41, 5.74) is 9.39. The van der Waals surface area contributed by atoms with E-state index in [0.29, 0.717) is 0 Å². The van der Waals surface area contributed by atoms with E-state index < -0.39 is 47.3 Å². The molecular weight excluding hydrogens is 542 g/mol. The van der Waals surface area contributed by atoms with Crippen LogP contribution in [0.25, 0.3) is 0 Å². The summed E-state index contributed by atoms with van der Waals surface area (Å²) in [5.74, 6) is -2.38. The molecule has 3 rings (SSSR count). The molecule has 2 amide bonds. The van der Waals surface area contributed by atoms with E-state index in [2.05, 4.69) is 10.6 Å². The number of aliphatic carboxylic acids is 1. The first kappa shape index (κ1) is 33.5. The number of nitrogens with two attached hydrogens (primary N) is 1. The molecule has 0 saturated heterocycles. The van der Waals surface area contributed by atoms with E-state index in [1.165, 1.54) is 11.8 Å². The topological polar surface area (TPSA) is 173 Å². The third-order valence-electron chi connectivity index (χ3n) is 6.49. The fourth-order valence-electron chi connectivity index (χ4n) is 4.50. The van der Waals surface area contributed by atoms with E-state index in [-0.39, 0.29) is 23.6 Å². The van der Waals surface area contributed by atoms with Crippen LogP contribution >= 0.6 is 11.8 Å². The van der Waals surface area contributed by atoms with E-state index in [1.807, 2.05) is 105 Å². The lowest BCUT2D eigenvalue weighted by atomic mass is 9.84. The number of carbonyl (C=O) groups excluding carboxylic acids is 2. The van der Waals surface area contributed by atoms with Crippen molar-refractivity contribution < 1.29 is 30.1 Å². The smallest absolute Gasteiger partial charge is 0.326 e. The summed E-state index contributed by atoms with van der Waals surface area (Å²) < 4.78 is -0.680. The molecule has 3 atom stereocenters. The fourth-order valence-corrected chi connectivity index (χ4v) is 5.99. The molecule has 3 aromatic rings. The molecule has 0 aliphatic heterocycles.